The molecule has 1 aliphatic heterocycles. The monoisotopic (exact) mass is 223 g/mol. The molecular weight excluding hydrogens is 202 g/mol. The molecule has 1 aliphatic rings. The Balaban J connectivity index is 2.10. The van der Waals surface area contributed by atoms with E-state index in [2.05, 4.69) is 41.1 Å². The normalized spacial score (nSPS) is 25.9. The summed E-state index contributed by atoms with van der Waals surface area (Å²) in [6, 6.07) is 0.543. The van der Waals surface area contributed by atoms with Gasteiger partial charge in [-0.2, -0.15) is 5.10 Å². The van der Waals surface area contributed by atoms with Gasteiger partial charge in [0.25, 0.3) is 0 Å². The summed E-state index contributed by atoms with van der Waals surface area (Å²) in [5.41, 5.74) is 0.179. The predicted molar refractivity (Wildman–Crippen MR) is 63.0 cm³/mol. The molecule has 1 fully saturated rings. The lowest BCUT2D eigenvalue weighted by molar-refractivity contribution is 0.0591. The van der Waals surface area contributed by atoms with E-state index in [-0.39, 0.29) is 5.54 Å². The Labute approximate surface area is 96.8 Å². The number of piperazine rings is 1. The summed E-state index contributed by atoms with van der Waals surface area (Å²) in [4.78, 5) is 6.76. The number of aromatic nitrogens is 3. The number of rotatable bonds is 2. The first kappa shape index (κ1) is 11.5. The van der Waals surface area contributed by atoms with E-state index in [0.29, 0.717) is 6.04 Å². The van der Waals surface area contributed by atoms with Crippen molar-refractivity contribution in [1.29, 1.82) is 0 Å². The Morgan fingerprint density at radius 3 is 2.94 bits per heavy atom. The minimum Gasteiger partial charge on any atom is -0.311 e. The quantitative estimate of drug-likeness (QED) is 0.788. The molecule has 0 aliphatic carbocycles. The molecular formula is C11H21N5. The molecule has 1 saturated heterocycles. The lowest BCUT2D eigenvalue weighted by Crippen LogP contribution is -2.60. The van der Waals surface area contributed by atoms with Crippen LogP contribution in [0.15, 0.2) is 6.33 Å². The van der Waals surface area contributed by atoms with Gasteiger partial charge in [0, 0.05) is 31.7 Å². The first-order valence-corrected chi connectivity index (χ1v) is 5.80. The van der Waals surface area contributed by atoms with E-state index in [4.69, 9.17) is 0 Å². The van der Waals surface area contributed by atoms with Crippen molar-refractivity contribution in [3.8, 4) is 0 Å². The number of nitrogens with one attached hydrogen (secondary N) is 1. The smallest absolute Gasteiger partial charge is 0.140 e. The van der Waals surface area contributed by atoms with Crippen LogP contribution in [0, 0.1) is 0 Å². The average molecular weight is 223 g/mol. The number of hydrogen-bond acceptors (Lipinski definition) is 4. The van der Waals surface area contributed by atoms with Crippen molar-refractivity contribution >= 4 is 0 Å². The maximum atomic E-state index is 4.29. The molecule has 2 heterocycles. The van der Waals surface area contributed by atoms with Gasteiger partial charge in [-0.3, -0.25) is 9.58 Å². The van der Waals surface area contributed by atoms with Gasteiger partial charge in [0.15, 0.2) is 0 Å². The predicted octanol–water partition coefficient (Wildman–Crippen LogP) is 0.387. The van der Waals surface area contributed by atoms with E-state index < -0.39 is 0 Å². The van der Waals surface area contributed by atoms with Gasteiger partial charge in [-0.25, -0.2) is 4.98 Å². The summed E-state index contributed by atoms with van der Waals surface area (Å²) in [5, 5.41) is 7.62. The van der Waals surface area contributed by atoms with E-state index in [1.807, 2.05) is 11.7 Å². The van der Waals surface area contributed by atoms with Crippen molar-refractivity contribution in [2.24, 2.45) is 7.05 Å². The molecule has 0 aromatic carbocycles. The van der Waals surface area contributed by atoms with Crippen molar-refractivity contribution < 1.29 is 0 Å². The van der Waals surface area contributed by atoms with E-state index >= 15 is 0 Å². The van der Waals surface area contributed by atoms with Crippen molar-refractivity contribution in [3.05, 3.63) is 12.2 Å². The van der Waals surface area contributed by atoms with Crippen LogP contribution in [0.5, 0.6) is 0 Å². The van der Waals surface area contributed by atoms with Gasteiger partial charge >= 0.3 is 0 Å². The molecule has 2 rings (SSSR count). The van der Waals surface area contributed by atoms with Crippen LogP contribution in [0.4, 0.5) is 0 Å². The minimum absolute atomic E-state index is 0.179. The molecule has 1 aromatic rings. The van der Waals surface area contributed by atoms with Crippen LogP contribution in [0.1, 0.15) is 26.6 Å². The van der Waals surface area contributed by atoms with E-state index in [1.165, 1.54) is 0 Å². The Kier molecular flexibility index (Phi) is 2.99. The van der Waals surface area contributed by atoms with Crippen LogP contribution in [-0.2, 0) is 13.6 Å². The van der Waals surface area contributed by atoms with Crippen molar-refractivity contribution in [2.75, 3.05) is 13.1 Å². The highest BCUT2D eigenvalue weighted by molar-refractivity contribution is 4.95. The van der Waals surface area contributed by atoms with Crippen LogP contribution in [0.2, 0.25) is 0 Å². The van der Waals surface area contributed by atoms with Gasteiger partial charge in [-0.15, -0.1) is 0 Å². The van der Waals surface area contributed by atoms with Crippen LogP contribution in [0.3, 0.4) is 0 Å². The third-order valence-electron chi connectivity index (χ3n) is 3.37. The summed E-state index contributed by atoms with van der Waals surface area (Å²) < 4.78 is 1.85. The third-order valence-corrected chi connectivity index (χ3v) is 3.37. The fourth-order valence-electron chi connectivity index (χ4n) is 2.09. The first-order valence-electron chi connectivity index (χ1n) is 5.80. The van der Waals surface area contributed by atoms with Gasteiger partial charge in [-0.1, -0.05) is 0 Å². The Bertz CT molecular complexity index is 357. The van der Waals surface area contributed by atoms with Gasteiger partial charge in [0.1, 0.15) is 12.2 Å². The highest BCUT2D eigenvalue weighted by Crippen LogP contribution is 2.20. The van der Waals surface area contributed by atoms with Crippen molar-refractivity contribution in [1.82, 2.24) is 25.0 Å². The second kappa shape index (κ2) is 4.14. The molecule has 90 valence electrons. The van der Waals surface area contributed by atoms with Crippen LogP contribution in [0.25, 0.3) is 0 Å². The molecule has 1 atom stereocenters. The zero-order valence-electron chi connectivity index (χ0n) is 10.6. The van der Waals surface area contributed by atoms with Crippen molar-refractivity contribution in [3.63, 3.8) is 0 Å². The molecule has 0 radical (unpaired) electrons. The molecule has 16 heavy (non-hydrogen) atoms. The zero-order valence-corrected chi connectivity index (χ0v) is 10.6. The lowest BCUT2D eigenvalue weighted by atomic mass is 9.98. The first-order chi connectivity index (χ1) is 7.49. The maximum Gasteiger partial charge on any atom is 0.140 e. The van der Waals surface area contributed by atoms with Crippen LogP contribution < -0.4 is 5.32 Å². The molecule has 1 N–H and O–H groups in total. The Morgan fingerprint density at radius 2 is 2.31 bits per heavy atom. The van der Waals surface area contributed by atoms with E-state index in [0.717, 1.165) is 25.5 Å². The number of hydrogen-bond donors (Lipinski definition) is 1. The highest BCUT2D eigenvalue weighted by Gasteiger charge is 2.32. The highest BCUT2D eigenvalue weighted by atomic mass is 15.4. The molecule has 0 bridgehead atoms. The molecule has 1 aromatic heterocycles. The van der Waals surface area contributed by atoms with Crippen LogP contribution >= 0.6 is 0 Å². The molecule has 5 heteroatoms. The Morgan fingerprint density at radius 1 is 1.56 bits per heavy atom. The summed E-state index contributed by atoms with van der Waals surface area (Å²) in [6.45, 7) is 9.70. The SMILES string of the molecule is CC1CN(Cc2ncnn2C)C(C)(C)CN1. The molecule has 5 nitrogen and oxygen atoms in total. The fourth-order valence-corrected chi connectivity index (χ4v) is 2.09. The number of aryl methyl sites for hydroxylation is 1. The summed E-state index contributed by atoms with van der Waals surface area (Å²) in [7, 11) is 1.95. The standard InChI is InChI=1S/C11H21N5/c1-9-5-16(11(2,3)7-12-9)6-10-13-8-14-15(10)4/h8-9,12H,5-7H2,1-4H3. The second-order valence-electron chi connectivity index (χ2n) is 5.27. The molecule has 0 amide bonds. The van der Waals surface area contributed by atoms with E-state index in [1.54, 1.807) is 6.33 Å². The zero-order chi connectivity index (χ0) is 11.8. The second-order valence-corrected chi connectivity index (χ2v) is 5.27. The minimum atomic E-state index is 0.179. The van der Waals surface area contributed by atoms with Crippen LogP contribution in [-0.4, -0.2) is 44.3 Å². The lowest BCUT2D eigenvalue weighted by Gasteiger charge is -2.45. The van der Waals surface area contributed by atoms with Gasteiger partial charge in [0.05, 0.1) is 6.54 Å². The van der Waals surface area contributed by atoms with E-state index in [9.17, 15) is 0 Å². The average Bonchev–Trinajstić information content (AvgIpc) is 2.59. The largest absolute Gasteiger partial charge is 0.311 e. The van der Waals surface area contributed by atoms with Crippen molar-refractivity contribution in [2.45, 2.75) is 38.9 Å². The Hall–Kier alpha value is -0.940. The summed E-state index contributed by atoms with van der Waals surface area (Å²) in [6.07, 6.45) is 1.62. The van der Waals surface area contributed by atoms with Gasteiger partial charge in [0.2, 0.25) is 0 Å². The van der Waals surface area contributed by atoms with Gasteiger partial charge in [-0.05, 0) is 20.8 Å². The molecule has 0 spiro atoms. The molecule has 1 unspecified atom stereocenters. The third kappa shape index (κ3) is 2.25. The van der Waals surface area contributed by atoms with Gasteiger partial charge < -0.3 is 5.32 Å². The summed E-state index contributed by atoms with van der Waals surface area (Å²) in [5.74, 6) is 1.03. The maximum absolute atomic E-state index is 4.29. The fraction of sp³-hybridized carbons (Fsp3) is 0.818. The molecule has 0 saturated carbocycles. The topological polar surface area (TPSA) is 46.0 Å². The summed E-state index contributed by atoms with van der Waals surface area (Å²) >= 11 is 0. The number of nitrogens with zero attached hydrogens (tertiary/aromatic N) is 4.